The van der Waals surface area contributed by atoms with E-state index in [1.807, 2.05) is 30.5 Å². The van der Waals surface area contributed by atoms with Crippen molar-refractivity contribution in [2.75, 3.05) is 13.7 Å². The molecule has 7 heteroatoms. The molecular formula is C22H24N2O5. The summed E-state index contributed by atoms with van der Waals surface area (Å²) in [5.41, 5.74) is 9.12. The van der Waals surface area contributed by atoms with E-state index in [1.165, 1.54) is 7.11 Å². The number of methoxy groups -OCH3 is 1. The third-order valence-corrected chi connectivity index (χ3v) is 4.52. The Morgan fingerprint density at radius 3 is 2.76 bits per heavy atom. The molecule has 7 nitrogen and oxygen atoms in total. The Morgan fingerprint density at radius 2 is 2.00 bits per heavy atom. The molecule has 0 aliphatic rings. The molecule has 0 aliphatic carbocycles. The van der Waals surface area contributed by atoms with E-state index in [2.05, 4.69) is 4.98 Å². The van der Waals surface area contributed by atoms with E-state index in [9.17, 15) is 9.59 Å². The maximum absolute atomic E-state index is 11.8. The second-order valence-corrected chi connectivity index (χ2v) is 6.56. The molecule has 2 aromatic carbocycles. The van der Waals surface area contributed by atoms with Gasteiger partial charge in [-0.3, -0.25) is 4.79 Å². The molecule has 0 saturated carbocycles. The predicted molar refractivity (Wildman–Crippen MR) is 109 cm³/mol. The van der Waals surface area contributed by atoms with E-state index >= 15 is 0 Å². The summed E-state index contributed by atoms with van der Waals surface area (Å²) in [4.78, 5) is 26.7. The van der Waals surface area contributed by atoms with Crippen LogP contribution in [-0.2, 0) is 27.3 Å². The van der Waals surface area contributed by atoms with Crippen LogP contribution in [0.25, 0.3) is 10.9 Å². The van der Waals surface area contributed by atoms with E-state index in [4.69, 9.17) is 19.9 Å². The Balaban J connectivity index is 1.73. The minimum Gasteiger partial charge on any atom is -0.489 e. The maximum atomic E-state index is 11.8. The van der Waals surface area contributed by atoms with E-state index in [-0.39, 0.29) is 5.97 Å². The predicted octanol–water partition coefficient (Wildman–Crippen LogP) is 2.97. The fraction of sp³-hybridized carbons (Fsp3) is 0.273. The van der Waals surface area contributed by atoms with Crippen LogP contribution in [0.4, 0.5) is 0 Å². The Hall–Kier alpha value is -3.32. The van der Waals surface area contributed by atoms with E-state index in [1.54, 1.807) is 25.1 Å². The number of fused-ring (bicyclic) bond motifs is 1. The van der Waals surface area contributed by atoms with Crippen molar-refractivity contribution in [2.45, 2.75) is 26.0 Å². The third kappa shape index (κ3) is 4.94. The largest absolute Gasteiger partial charge is 0.489 e. The number of esters is 2. The quantitative estimate of drug-likeness (QED) is 0.568. The molecule has 0 aliphatic heterocycles. The van der Waals surface area contributed by atoms with Gasteiger partial charge >= 0.3 is 11.9 Å². The first-order valence-electron chi connectivity index (χ1n) is 9.34. The van der Waals surface area contributed by atoms with Gasteiger partial charge in [-0.2, -0.15) is 0 Å². The zero-order chi connectivity index (χ0) is 20.8. The number of ether oxygens (including phenoxy) is 3. The summed E-state index contributed by atoms with van der Waals surface area (Å²) >= 11 is 0. The van der Waals surface area contributed by atoms with E-state index in [0.717, 1.165) is 22.0 Å². The average molecular weight is 396 g/mol. The summed E-state index contributed by atoms with van der Waals surface area (Å²) in [7, 11) is 1.35. The van der Waals surface area contributed by atoms with E-state index < -0.39 is 12.0 Å². The highest BCUT2D eigenvalue weighted by Gasteiger charge is 2.17. The molecule has 0 spiro atoms. The number of H-pyrrole nitrogens is 1. The van der Waals surface area contributed by atoms with Crippen LogP contribution in [0.3, 0.4) is 0 Å². The second-order valence-electron chi connectivity index (χ2n) is 6.56. The highest BCUT2D eigenvalue weighted by Crippen LogP contribution is 2.25. The topological polar surface area (TPSA) is 104 Å². The highest BCUT2D eigenvalue weighted by molar-refractivity contribution is 5.89. The second kappa shape index (κ2) is 9.25. The number of nitrogens with two attached hydrogens (primary N) is 1. The van der Waals surface area contributed by atoms with Crippen molar-refractivity contribution in [3.05, 3.63) is 65.4 Å². The SMILES string of the molecule is CCOC(=O)[C@@H](N)Cc1c[nH]c2ccc(OCc3cccc(C(=O)OC)c3)cc12. The lowest BCUT2D eigenvalue weighted by Crippen LogP contribution is -2.34. The summed E-state index contributed by atoms with van der Waals surface area (Å²) in [5, 5.41) is 0.936. The minimum absolute atomic E-state index is 0.301. The molecule has 1 aromatic heterocycles. The molecule has 1 heterocycles. The van der Waals surface area contributed by atoms with Crippen molar-refractivity contribution in [1.82, 2.24) is 4.98 Å². The lowest BCUT2D eigenvalue weighted by atomic mass is 10.1. The molecule has 0 amide bonds. The fourth-order valence-corrected chi connectivity index (χ4v) is 3.06. The number of aromatic nitrogens is 1. The molecule has 3 rings (SSSR count). The van der Waals surface area contributed by atoms with E-state index in [0.29, 0.717) is 30.9 Å². The molecular weight excluding hydrogens is 372 g/mol. The van der Waals surface area contributed by atoms with Crippen molar-refractivity contribution < 1.29 is 23.8 Å². The van der Waals surface area contributed by atoms with Gasteiger partial charge in [-0.05, 0) is 48.4 Å². The number of benzene rings is 2. The first kappa shape index (κ1) is 20.4. The van der Waals surface area contributed by atoms with Gasteiger partial charge in [0.25, 0.3) is 0 Å². The standard InChI is InChI=1S/C22H24N2O5/c1-3-28-22(26)19(23)10-16-12-24-20-8-7-17(11-18(16)20)29-13-14-5-4-6-15(9-14)21(25)27-2/h4-9,11-12,19,24H,3,10,13,23H2,1-2H3/t19-/m0/s1. The normalized spacial score (nSPS) is 11.8. The summed E-state index contributed by atoms with van der Waals surface area (Å²) in [6.07, 6.45) is 2.21. The lowest BCUT2D eigenvalue weighted by molar-refractivity contribution is -0.144. The summed E-state index contributed by atoms with van der Waals surface area (Å²) in [6.45, 7) is 2.36. The van der Waals surface area contributed by atoms with Gasteiger partial charge in [0.05, 0.1) is 19.3 Å². The Morgan fingerprint density at radius 1 is 1.17 bits per heavy atom. The van der Waals surface area contributed by atoms with Crippen LogP contribution >= 0.6 is 0 Å². The molecule has 1 atom stereocenters. The number of carbonyl (C=O) groups is 2. The number of hydrogen-bond donors (Lipinski definition) is 2. The minimum atomic E-state index is -0.723. The number of carbonyl (C=O) groups excluding carboxylic acids is 2. The van der Waals surface area contributed by atoms with Gasteiger partial charge in [-0.25, -0.2) is 4.79 Å². The molecule has 152 valence electrons. The summed E-state index contributed by atoms with van der Waals surface area (Å²) < 4.78 is 15.6. The molecule has 3 N–H and O–H groups in total. The Bertz CT molecular complexity index is 1010. The molecule has 0 unspecified atom stereocenters. The maximum Gasteiger partial charge on any atom is 0.337 e. The first-order chi connectivity index (χ1) is 14.0. The number of nitrogens with one attached hydrogen (secondary N) is 1. The van der Waals surface area contributed by atoms with Gasteiger partial charge in [-0.1, -0.05) is 12.1 Å². The van der Waals surface area contributed by atoms with Crippen molar-refractivity contribution in [3.63, 3.8) is 0 Å². The molecule has 0 radical (unpaired) electrons. The van der Waals surface area contributed by atoms with Crippen molar-refractivity contribution in [1.29, 1.82) is 0 Å². The molecule has 0 fully saturated rings. The number of aromatic amines is 1. The molecule has 3 aromatic rings. The van der Waals surface area contributed by atoms with Crippen LogP contribution in [0.5, 0.6) is 5.75 Å². The van der Waals surface area contributed by atoms with Crippen LogP contribution in [-0.4, -0.2) is 36.7 Å². The molecule has 29 heavy (non-hydrogen) atoms. The number of rotatable bonds is 8. The third-order valence-electron chi connectivity index (χ3n) is 4.52. The smallest absolute Gasteiger partial charge is 0.337 e. The van der Waals surface area contributed by atoms with Gasteiger partial charge in [-0.15, -0.1) is 0 Å². The highest BCUT2D eigenvalue weighted by atomic mass is 16.5. The molecule has 0 bridgehead atoms. The zero-order valence-electron chi connectivity index (χ0n) is 16.4. The van der Waals surface area contributed by atoms with Crippen molar-refractivity contribution >= 4 is 22.8 Å². The molecule has 0 saturated heterocycles. The monoisotopic (exact) mass is 396 g/mol. The van der Waals surface area contributed by atoms with Crippen LogP contribution in [0.1, 0.15) is 28.4 Å². The van der Waals surface area contributed by atoms with Gasteiger partial charge in [0.2, 0.25) is 0 Å². The average Bonchev–Trinajstić information content (AvgIpc) is 3.14. The summed E-state index contributed by atoms with van der Waals surface area (Å²) in [6, 6.07) is 12.1. The van der Waals surface area contributed by atoms with Crippen molar-refractivity contribution in [2.24, 2.45) is 5.73 Å². The Kier molecular flexibility index (Phi) is 6.51. The fourth-order valence-electron chi connectivity index (χ4n) is 3.06. The lowest BCUT2D eigenvalue weighted by Gasteiger charge is -2.10. The van der Waals surface area contributed by atoms with Gasteiger partial charge < -0.3 is 24.9 Å². The zero-order valence-corrected chi connectivity index (χ0v) is 16.4. The summed E-state index contributed by atoms with van der Waals surface area (Å²) in [5.74, 6) is -0.130. The number of hydrogen-bond acceptors (Lipinski definition) is 6. The van der Waals surface area contributed by atoms with Gasteiger partial charge in [0.15, 0.2) is 0 Å². The van der Waals surface area contributed by atoms with Crippen LogP contribution in [0, 0.1) is 0 Å². The van der Waals surface area contributed by atoms with Gasteiger partial charge in [0, 0.05) is 23.5 Å². The Labute approximate surface area is 168 Å². The van der Waals surface area contributed by atoms with Crippen LogP contribution < -0.4 is 10.5 Å². The van der Waals surface area contributed by atoms with Crippen molar-refractivity contribution in [3.8, 4) is 5.75 Å². The van der Waals surface area contributed by atoms with Crippen LogP contribution in [0.15, 0.2) is 48.7 Å². The van der Waals surface area contributed by atoms with Gasteiger partial charge in [0.1, 0.15) is 18.4 Å². The van der Waals surface area contributed by atoms with Crippen LogP contribution in [0.2, 0.25) is 0 Å². The first-order valence-corrected chi connectivity index (χ1v) is 9.34.